The smallest absolute Gasteiger partial charge is 0.268 e. The highest BCUT2D eigenvalue weighted by atomic mass is 79.9. The van der Waals surface area contributed by atoms with Crippen molar-refractivity contribution in [3.63, 3.8) is 0 Å². The molecule has 2 amide bonds. The Morgan fingerprint density at radius 2 is 1.59 bits per heavy atom. The van der Waals surface area contributed by atoms with Gasteiger partial charge in [-0.1, -0.05) is 17.7 Å². The first-order valence-electron chi connectivity index (χ1n) is 7.71. The third kappa shape index (κ3) is 4.48. The summed E-state index contributed by atoms with van der Waals surface area (Å²) in [6.45, 7) is 3.58. The van der Waals surface area contributed by atoms with E-state index in [-0.39, 0.29) is 22.4 Å². The Hall–Kier alpha value is -1.96. The molecular formula is C17H15Br2N3O4S. The Morgan fingerprint density at radius 1 is 1.07 bits per heavy atom. The predicted octanol–water partition coefficient (Wildman–Crippen LogP) is 3.42. The molecule has 10 heteroatoms. The molecule has 0 saturated carbocycles. The Kier molecular flexibility index (Phi) is 6.62. The Bertz CT molecular complexity index is 1020. The van der Waals surface area contributed by atoms with Crippen molar-refractivity contribution < 1.29 is 18.0 Å². The fourth-order valence-corrected chi connectivity index (χ4v) is 4.49. The van der Waals surface area contributed by atoms with Gasteiger partial charge in [0.2, 0.25) is 11.8 Å². The standard InChI is InChI=1S/C13H11BrN2O2S.C4H4BrNO2/c1-9-3-5-11(6-4-9)19(17,18)16-8-12(14)10(2)13(16)7-15;5-6-3(7)1-2-4(6)8/h3-6,8H,1-2H3;1-2H2. The average molecular weight is 517 g/mol. The highest BCUT2D eigenvalue weighted by molar-refractivity contribution is 9.10. The van der Waals surface area contributed by atoms with Gasteiger partial charge in [0.15, 0.2) is 0 Å². The van der Waals surface area contributed by atoms with Crippen molar-refractivity contribution in [3.05, 3.63) is 51.8 Å². The molecule has 7 nitrogen and oxygen atoms in total. The average Bonchev–Trinajstić information content (AvgIpc) is 3.09. The molecule has 1 saturated heterocycles. The normalized spacial score (nSPS) is 14.0. The van der Waals surface area contributed by atoms with Gasteiger partial charge in [-0.15, -0.1) is 0 Å². The van der Waals surface area contributed by atoms with Gasteiger partial charge in [-0.05, 0) is 41.9 Å². The third-order valence-corrected chi connectivity index (χ3v) is 7.10. The van der Waals surface area contributed by atoms with Crippen LogP contribution in [0.3, 0.4) is 0 Å². The monoisotopic (exact) mass is 515 g/mol. The van der Waals surface area contributed by atoms with E-state index in [0.717, 1.165) is 13.5 Å². The Balaban J connectivity index is 0.000000273. The van der Waals surface area contributed by atoms with Crippen LogP contribution in [0.2, 0.25) is 0 Å². The molecule has 3 rings (SSSR count). The van der Waals surface area contributed by atoms with Gasteiger partial charge in [-0.3, -0.25) is 9.59 Å². The molecule has 0 atom stereocenters. The Morgan fingerprint density at radius 3 is 2.00 bits per heavy atom. The lowest BCUT2D eigenvalue weighted by Gasteiger charge is -2.07. The molecule has 2 aromatic rings. The fourth-order valence-electron chi connectivity index (χ4n) is 2.24. The molecule has 27 heavy (non-hydrogen) atoms. The number of aryl methyl sites for hydroxylation is 1. The van der Waals surface area contributed by atoms with E-state index in [2.05, 4.69) is 32.1 Å². The molecule has 142 valence electrons. The summed E-state index contributed by atoms with van der Waals surface area (Å²) in [7, 11) is -3.74. The van der Waals surface area contributed by atoms with Gasteiger partial charge < -0.3 is 0 Å². The van der Waals surface area contributed by atoms with Crippen LogP contribution in [0.4, 0.5) is 0 Å². The first-order valence-corrected chi connectivity index (χ1v) is 10.6. The minimum atomic E-state index is -3.74. The van der Waals surface area contributed by atoms with Crippen LogP contribution in [0.15, 0.2) is 39.8 Å². The van der Waals surface area contributed by atoms with Crippen molar-refractivity contribution in [2.75, 3.05) is 0 Å². The van der Waals surface area contributed by atoms with E-state index in [4.69, 9.17) is 5.26 Å². The van der Waals surface area contributed by atoms with E-state index in [1.54, 1.807) is 19.1 Å². The molecule has 0 aliphatic carbocycles. The zero-order valence-corrected chi connectivity index (χ0v) is 18.4. The van der Waals surface area contributed by atoms with Crippen molar-refractivity contribution in [1.82, 2.24) is 7.90 Å². The molecule has 0 spiro atoms. The van der Waals surface area contributed by atoms with Gasteiger partial charge in [-0.2, -0.15) is 5.26 Å². The van der Waals surface area contributed by atoms with Crippen LogP contribution < -0.4 is 0 Å². The number of halogens is 2. The van der Waals surface area contributed by atoms with Crippen molar-refractivity contribution in [2.45, 2.75) is 31.6 Å². The summed E-state index contributed by atoms with van der Waals surface area (Å²) in [6.07, 6.45) is 2.11. The zero-order valence-electron chi connectivity index (χ0n) is 14.4. The summed E-state index contributed by atoms with van der Waals surface area (Å²) in [5.74, 6) is -0.287. The predicted molar refractivity (Wildman–Crippen MR) is 105 cm³/mol. The Labute approximate surface area is 174 Å². The molecule has 1 fully saturated rings. The second kappa shape index (κ2) is 8.37. The molecule has 2 heterocycles. The summed E-state index contributed by atoms with van der Waals surface area (Å²) in [5.41, 5.74) is 1.70. The quantitative estimate of drug-likeness (QED) is 0.449. The van der Waals surface area contributed by atoms with Gasteiger partial charge in [-0.25, -0.2) is 16.3 Å². The number of carbonyl (C=O) groups is 2. The van der Waals surface area contributed by atoms with Gasteiger partial charge in [0.05, 0.1) is 21.0 Å². The van der Waals surface area contributed by atoms with Crippen LogP contribution in [0, 0.1) is 25.2 Å². The molecule has 1 aromatic heterocycles. The number of nitrogens with zero attached hydrogens (tertiary/aromatic N) is 3. The van der Waals surface area contributed by atoms with Crippen molar-refractivity contribution in [2.24, 2.45) is 0 Å². The van der Waals surface area contributed by atoms with E-state index in [9.17, 15) is 18.0 Å². The van der Waals surface area contributed by atoms with Crippen molar-refractivity contribution >= 4 is 53.9 Å². The maximum Gasteiger partial charge on any atom is 0.268 e. The summed E-state index contributed by atoms with van der Waals surface area (Å²) in [4.78, 5) is 21.0. The van der Waals surface area contributed by atoms with Crippen LogP contribution in [-0.2, 0) is 19.6 Å². The zero-order chi connectivity index (χ0) is 20.4. The molecule has 0 N–H and O–H groups in total. The van der Waals surface area contributed by atoms with Gasteiger partial charge in [0, 0.05) is 29.1 Å². The summed E-state index contributed by atoms with van der Waals surface area (Å²) in [6, 6.07) is 8.45. The van der Waals surface area contributed by atoms with E-state index >= 15 is 0 Å². The first kappa shape index (κ1) is 21.3. The van der Waals surface area contributed by atoms with Crippen LogP contribution >= 0.6 is 32.1 Å². The minimum absolute atomic E-state index is 0.118. The van der Waals surface area contributed by atoms with Crippen molar-refractivity contribution in [1.29, 1.82) is 5.26 Å². The van der Waals surface area contributed by atoms with E-state index in [1.807, 2.05) is 13.0 Å². The lowest BCUT2D eigenvalue weighted by Crippen LogP contribution is -2.16. The minimum Gasteiger partial charge on any atom is -0.274 e. The second-order valence-corrected chi connectivity index (χ2v) is 9.12. The number of amides is 2. The van der Waals surface area contributed by atoms with Crippen LogP contribution in [0.1, 0.15) is 29.7 Å². The maximum atomic E-state index is 12.5. The molecule has 1 aromatic carbocycles. The van der Waals surface area contributed by atoms with E-state index < -0.39 is 10.0 Å². The van der Waals surface area contributed by atoms with Gasteiger partial charge in [0.1, 0.15) is 11.8 Å². The molecule has 1 aliphatic heterocycles. The number of rotatable bonds is 2. The SMILES string of the molecule is Cc1ccc(S(=O)(=O)n2cc(Br)c(C)c2C#N)cc1.O=C1CCC(=O)N1Br. The molecule has 0 radical (unpaired) electrons. The van der Waals surface area contributed by atoms with Gasteiger partial charge in [0.25, 0.3) is 10.0 Å². The van der Waals surface area contributed by atoms with E-state index in [0.29, 0.717) is 22.9 Å². The number of benzene rings is 1. The first-order chi connectivity index (χ1) is 12.6. The second-order valence-electron chi connectivity index (χ2n) is 5.74. The summed E-state index contributed by atoms with van der Waals surface area (Å²) < 4.78 is 27.5. The number of carbonyl (C=O) groups excluding carboxylic acids is 2. The highest BCUT2D eigenvalue weighted by Crippen LogP contribution is 2.26. The number of aromatic nitrogens is 1. The molecule has 1 aliphatic rings. The number of imide groups is 1. The molecule has 0 bridgehead atoms. The fraction of sp³-hybridized carbons (Fsp3) is 0.235. The largest absolute Gasteiger partial charge is 0.274 e. The van der Waals surface area contributed by atoms with E-state index in [1.165, 1.54) is 18.3 Å². The number of nitriles is 1. The third-order valence-electron chi connectivity index (χ3n) is 3.84. The lowest BCUT2D eigenvalue weighted by molar-refractivity contribution is -0.131. The lowest BCUT2D eigenvalue weighted by atomic mass is 10.2. The number of hydrogen-bond acceptors (Lipinski definition) is 5. The molecular weight excluding hydrogens is 502 g/mol. The van der Waals surface area contributed by atoms with Crippen LogP contribution in [0.5, 0.6) is 0 Å². The maximum absolute atomic E-state index is 12.5. The molecule has 0 unspecified atom stereocenters. The summed E-state index contributed by atoms with van der Waals surface area (Å²) >= 11 is 6.05. The van der Waals surface area contributed by atoms with Crippen LogP contribution in [0.25, 0.3) is 0 Å². The number of hydrogen-bond donors (Lipinski definition) is 0. The van der Waals surface area contributed by atoms with Crippen LogP contribution in [-0.4, -0.2) is 28.1 Å². The van der Waals surface area contributed by atoms with Gasteiger partial charge >= 0.3 is 0 Å². The van der Waals surface area contributed by atoms with Crippen molar-refractivity contribution in [3.8, 4) is 6.07 Å². The summed E-state index contributed by atoms with van der Waals surface area (Å²) in [5, 5.41) is 9.11. The highest BCUT2D eigenvalue weighted by Gasteiger charge is 2.26. The topological polar surface area (TPSA) is 100 Å².